The number of aromatic nitrogens is 2. The molecule has 0 saturated heterocycles. The number of hydrogen-bond donors (Lipinski definition) is 1. The Kier molecular flexibility index (Phi) is 3.66. The van der Waals surface area contributed by atoms with Crippen molar-refractivity contribution in [1.82, 2.24) is 9.78 Å². The number of carbonyl (C=O) groups is 1. The lowest BCUT2D eigenvalue weighted by Crippen LogP contribution is -2.20. The Labute approximate surface area is 93.2 Å². The average molecular weight is 247 g/mol. The molecule has 0 radical (unpaired) electrons. The van der Waals surface area contributed by atoms with Gasteiger partial charge in [0.1, 0.15) is 5.56 Å². The predicted molar refractivity (Wildman–Crippen MR) is 55.2 cm³/mol. The van der Waals surface area contributed by atoms with Gasteiger partial charge in [0, 0.05) is 7.05 Å². The fourth-order valence-electron chi connectivity index (χ4n) is 1.18. The highest BCUT2D eigenvalue weighted by Crippen LogP contribution is 2.13. The van der Waals surface area contributed by atoms with Gasteiger partial charge in [-0.2, -0.15) is 5.10 Å². The normalized spacial score (nSPS) is 11.4. The van der Waals surface area contributed by atoms with Gasteiger partial charge < -0.3 is 4.74 Å². The van der Waals surface area contributed by atoms with E-state index >= 15 is 0 Å². The predicted octanol–water partition coefficient (Wildman–Crippen LogP) is -0.366. The van der Waals surface area contributed by atoms with Gasteiger partial charge in [-0.15, -0.1) is 0 Å². The molecule has 1 rings (SSSR count). The van der Waals surface area contributed by atoms with E-state index in [9.17, 15) is 13.2 Å². The molecule has 7 nitrogen and oxygen atoms in total. The molecule has 0 aromatic carbocycles. The smallest absolute Gasteiger partial charge is 0.342 e. The van der Waals surface area contributed by atoms with Crippen molar-refractivity contribution in [3.8, 4) is 0 Å². The first kappa shape index (κ1) is 12.7. The molecule has 0 aliphatic carbocycles. The van der Waals surface area contributed by atoms with E-state index in [4.69, 9.17) is 9.88 Å². The van der Waals surface area contributed by atoms with E-state index in [1.165, 1.54) is 7.05 Å². The van der Waals surface area contributed by atoms with Crippen molar-refractivity contribution >= 4 is 16.0 Å². The number of carbonyl (C=O) groups excluding carboxylic acids is 1. The zero-order chi connectivity index (χ0) is 12.3. The van der Waals surface area contributed by atoms with Crippen LogP contribution in [-0.2, 0) is 21.8 Å². The van der Waals surface area contributed by atoms with Crippen LogP contribution >= 0.6 is 0 Å². The summed E-state index contributed by atoms with van der Waals surface area (Å²) in [5, 5.41) is 8.30. The Balaban J connectivity index is 3.11. The van der Waals surface area contributed by atoms with Gasteiger partial charge >= 0.3 is 5.97 Å². The molecule has 1 heterocycles. The van der Waals surface area contributed by atoms with Crippen LogP contribution in [0.1, 0.15) is 23.7 Å². The van der Waals surface area contributed by atoms with Gasteiger partial charge in [-0.05, 0) is 6.42 Å². The van der Waals surface area contributed by atoms with Crippen molar-refractivity contribution < 1.29 is 17.9 Å². The van der Waals surface area contributed by atoms with Crippen LogP contribution in [-0.4, -0.2) is 30.8 Å². The number of nitrogens with two attached hydrogens (primary N) is 1. The summed E-state index contributed by atoms with van der Waals surface area (Å²) in [5.74, 6) is -0.737. The third-order valence-corrected chi connectivity index (χ3v) is 2.83. The molecule has 2 N–H and O–H groups in total. The fraction of sp³-hybridized carbons (Fsp3) is 0.500. The number of nitrogens with zero attached hydrogens (tertiary/aromatic N) is 2. The van der Waals surface area contributed by atoms with Gasteiger partial charge in [0.05, 0.1) is 12.8 Å². The van der Waals surface area contributed by atoms with Crippen molar-refractivity contribution in [2.75, 3.05) is 6.61 Å². The van der Waals surface area contributed by atoms with Gasteiger partial charge in [0.25, 0.3) is 10.0 Å². The van der Waals surface area contributed by atoms with E-state index < -0.39 is 16.0 Å². The quantitative estimate of drug-likeness (QED) is 0.731. The summed E-state index contributed by atoms with van der Waals surface area (Å²) in [6.07, 6.45) is 1.77. The lowest BCUT2D eigenvalue weighted by molar-refractivity contribution is 0.0500. The first-order valence-corrected chi connectivity index (χ1v) is 6.14. The molecule has 0 unspecified atom stereocenters. The number of rotatable bonds is 4. The summed E-state index contributed by atoms with van der Waals surface area (Å²) in [5.41, 5.74) is -0.140. The lowest BCUT2D eigenvalue weighted by atomic mass is 10.4. The van der Waals surface area contributed by atoms with Crippen LogP contribution < -0.4 is 5.14 Å². The second-order valence-electron chi connectivity index (χ2n) is 3.17. The number of esters is 1. The summed E-state index contributed by atoms with van der Waals surface area (Å²) in [6, 6.07) is 0. The molecule has 0 fully saturated rings. The zero-order valence-corrected chi connectivity index (χ0v) is 9.82. The number of ether oxygens (including phenoxy) is 1. The van der Waals surface area contributed by atoms with Crippen molar-refractivity contribution in [1.29, 1.82) is 0 Å². The molecule has 0 aliphatic rings. The van der Waals surface area contributed by atoms with Crippen LogP contribution in [0, 0.1) is 0 Å². The minimum atomic E-state index is -3.99. The molecule has 90 valence electrons. The van der Waals surface area contributed by atoms with Crippen molar-refractivity contribution in [2.24, 2.45) is 12.2 Å². The minimum Gasteiger partial charge on any atom is -0.462 e. The van der Waals surface area contributed by atoms with Gasteiger partial charge in [-0.25, -0.2) is 18.4 Å². The first-order chi connectivity index (χ1) is 7.38. The van der Waals surface area contributed by atoms with Crippen molar-refractivity contribution in [3.05, 3.63) is 11.8 Å². The molecule has 0 atom stereocenters. The van der Waals surface area contributed by atoms with Gasteiger partial charge in [0.2, 0.25) is 0 Å². The van der Waals surface area contributed by atoms with Crippen LogP contribution in [0.2, 0.25) is 0 Å². The maximum Gasteiger partial charge on any atom is 0.342 e. The maximum absolute atomic E-state index is 11.5. The fourth-order valence-corrected chi connectivity index (χ4v) is 2.03. The van der Waals surface area contributed by atoms with Crippen LogP contribution in [0.15, 0.2) is 11.2 Å². The first-order valence-electron chi connectivity index (χ1n) is 4.59. The number of primary sulfonamides is 1. The van der Waals surface area contributed by atoms with Crippen LogP contribution in [0.3, 0.4) is 0 Å². The highest BCUT2D eigenvalue weighted by atomic mass is 32.2. The van der Waals surface area contributed by atoms with Gasteiger partial charge in [-0.1, -0.05) is 6.92 Å². The third kappa shape index (κ3) is 2.58. The van der Waals surface area contributed by atoms with Gasteiger partial charge in [0.15, 0.2) is 5.03 Å². The minimum absolute atomic E-state index is 0.140. The van der Waals surface area contributed by atoms with Crippen LogP contribution in [0.4, 0.5) is 0 Å². The summed E-state index contributed by atoms with van der Waals surface area (Å²) in [4.78, 5) is 11.5. The molecule has 0 saturated carbocycles. The Morgan fingerprint density at radius 1 is 1.62 bits per heavy atom. The number of aryl methyl sites for hydroxylation is 1. The number of sulfonamides is 1. The number of hydrogen-bond acceptors (Lipinski definition) is 5. The molecule has 16 heavy (non-hydrogen) atoms. The SMILES string of the molecule is CCCOC(=O)c1cnn(C)c1S(N)(=O)=O. The average Bonchev–Trinajstić information content (AvgIpc) is 2.56. The Bertz CT molecular complexity index is 491. The second-order valence-corrected chi connectivity index (χ2v) is 4.64. The Hall–Kier alpha value is -1.41. The van der Waals surface area contributed by atoms with E-state index in [0.717, 1.165) is 10.9 Å². The Morgan fingerprint density at radius 2 is 2.25 bits per heavy atom. The third-order valence-electron chi connectivity index (χ3n) is 1.81. The maximum atomic E-state index is 11.5. The zero-order valence-electron chi connectivity index (χ0n) is 9.00. The topological polar surface area (TPSA) is 104 Å². The molecule has 0 bridgehead atoms. The summed E-state index contributed by atoms with van der Waals surface area (Å²) in [7, 11) is -2.61. The largest absolute Gasteiger partial charge is 0.462 e. The highest BCUT2D eigenvalue weighted by molar-refractivity contribution is 7.89. The standard InChI is InChI=1S/C8H13N3O4S/c1-3-4-15-8(12)6-5-10-11(2)7(6)16(9,13)14/h5H,3-4H2,1-2H3,(H2,9,13,14). The van der Waals surface area contributed by atoms with Gasteiger partial charge in [-0.3, -0.25) is 4.68 Å². The van der Waals surface area contributed by atoms with E-state index in [2.05, 4.69) is 5.10 Å². The molecule has 8 heteroatoms. The van der Waals surface area contributed by atoms with Crippen molar-refractivity contribution in [2.45, 2.75) is 18.4 Å². The second kappa shape index (κ2) is 4.62. The molecular weight excluding hydrogens is 234 g/mol. The molecule has 1 aromatic rings. The van der Waals surface area contributed by atoms with E-state index in [-0.39, 0.29) is 17.2 Å². The highest BCUT2D eigenvalue weighted by Gasteiger charge is 2.25. The van der Waals surface area contributed by atoms with E-state index in [1.807, 2.05) is 6.92 Å². The van der Waals surface area contributed by atoms with E-state index in [0.29, 0.717) is 6.42 Å². The molecule has 0 amide bonds. The monoisotopic (exact) mass is 247 g/mol. The summed E-state index contributed by atoms with van der Waals surface area (Å²) < 4.78 is 28.3. The van der Waals surface area contributed by atoms with Crippen molar-refractivity contribution in [3.63, 3.8) is 0 Å². The summed E-state index contributed by atoms with van der Waals surface area (Å²) in [6.45, 7) is 2.05. The Morgan fingerprint density at radius 3 is 2.75 bits per heavy atom. The molecule has 0 spiro atoms. The molecule has 0 aliphatic heterocycles. The lowest BCUT2D eigenvalue weighted by Gasteiger charge is -2.03. The van der Waals surface area contributed by atoms with Crippen LogP contribution in [0.5, 0.6) is 0 Å². The summed E-state index contributed by atoms with van der Waals surface area (Å²) >= 11 is 0. The van der Waals surface area contributed by atoms with E-state index in [1.54, 1.807) is 0 Å². The molecular formula is C8H13N3O4S. The molecule has 1 aromatic heterocycles. The van der Waals surface area contributed by atoms with Crippen LogP contribution in [0.25, 0.3) is 0 Å².